The maximum Gasteiger partial charge on any atom is 0.419 e. The summed E-state index contributed by atoms with van der Waals surface area (Å²) in [5.74, 6) is 0.477. The maximum absolute atomic E-state index is 13.9. The summed E-state index contributed by atoms with van der Waals surface area (Å²) in [6.45, 7) is 1.94. The predicted molar refractivity (Wildman–Crippen MR) is 132 cm³/mol. The number of nitrogens with two attached hydrogens (primary N) is 1. The number of hydrogen-bond donors (Lipinski definition) is 2. The molecule has 3 N–H and O–H groups in total. The highest BCUT2D eigenvalue weighted by Crippen LogP contribution is 2.45. The Kier molecular flexibility index (Phi) is 7.05. The molecule has 2 heterocycles. The molecule has 4 aromatic rings. The number of nitrogens with zero attached hydrogens (tertiary/aromatic N) is 3. The molecule has 192 valence electrons. The van der Waals surface area contributed by atoms with Crippen LogP contribution in [-0.4, -0.2) is 34.8 Å². The molecule has 0 atom stereocenters. The molecular formula is C26H24F3N5O3. The lowest BCUT2D eigenvalue weighted by Gasteiger charge is -2.21. The molecule has 37 heavy (non-hydrogen) atoms. The molecule has 0 unspecified atom stereocenters. The molecule has 11 heteroatoms. The van der Waals surface area contributed by atoms with E-state index >= 15 is 0 Å². The molecular weight excluding hydrogens is 487 g/mol. The number of carbonyl (C=O) groups is 1. The molecule has 0 aliphatic carbocycles. The van der Waals surface area contributed by atoms with Crippen LogP contribution in [0, 0.1) is 6.92 Å². The molecule has 0 aliphatic heterocycles. The van der Waals surface area contributed by atoms with E-state index in [4.69, 9.17) is 15.2 Å². The molecule has 0 fully saturated rings. The van der Waals surface area contributed by atoms with Gasteiger partial charge < -0.3 is 25.1 Å². The smallest absolute Gasteiger partial charge is 0.419 e. The highest BCUT2D eigenvalue weighted by molar-refractivity contribution is 5.90. The first kappa shape index (κ1) is 25.5. The minimum Gasteiger partial charge on any atom is -0.496 e. The third-order valence-electron chi connectivity index (χ3n) is 5.82. The van der Waals surface area contributed by atoms with E-state index in [9.17, 15) is 18.0 Å². The minimum absolute atomic E-state index is 0.195. The number of imidazole rings is 1. The Labute approximate surface area is 210 Å². The molecule has 0 saturated heterocycles. The standard InChI is InChI=1S/C26H24F3N5O3/c1-15-10-18(19-12-20(26(27,28)29)23(37-3)13-22(19)36-2)17(11-21(15)33-25(30)35)14-34-9-8-32-24(34)16-4-6-31-7-5-16/h4-13H,14H2,1-3H3,(H3,30,33,35). The third kappa shape index (κ3) is 5.35. The van der Waals surface area contributed by atoms with E-state index in [2.05, 4.69) is 15.3 Å². The van der Waals surface area contributed by atoms with Crippen molar-refractivity contribution in [3.63, 3.8) is 0 Å². The van der Waals surface area contributed by atoms with Crippen molar-refractivity contribution in [2.45, 2.75) is 19.6 Å². The predicted octanol–water partition coefficient (Wildman–Crippen LogP) is 5.50. The zero-order valence-corrected chi connectivity index (χ0v) is 20.3. The van der Waals surface area contributed by atoms with Gasteiger partial charge in [0.1, 0.15) is 17.3 Å². The van der Waals surface area contributed by atoms with E-state index in [1.807, 2.05) is 4.57 Å². The van der Waals surface area contributed by atoms with Gasteiger partial charge >= 0.3 is 12.2 Å². The summed E-state index contributed by atoms with van der Waals surface area (Å²) in [6, 6.07) is 8.44. The summed E-state index contributed by atoms with van der Waals surface area (Å²) < 4.78 is 54.0. The van der Waals surface area contributed by atoms with Crippen LogP contribution in [0.2, 0.25) is 0 Å². The number of hydrogen-bond acceptors (Lipinski definition) is 5. The average Bonchev–Trinajstić information content (AvgIpc) is 3.33. The van der Waals surface area contributed by atoms with Gasteiger partial charge in [-0.15, -0.1) is 0 Å². The number of ether oxygens (including phenoxy) is 2. The number of benzene rings is 2. The molecule has 0 saturated carbocycles. The van der Waals surface area contributed by atoms with Gasteiger partial charge in [0.05, 0.1) is 19.8 Å². The fourth-order valence-electron chi connectivity index (χ4n) is 4.11. The van der Waals surface area contributed by atoms with Crippen LogP contribution >= 0.6 is 0 Å². The largest absolute Gasteiger partial charge is 0.496 e. The lowest BCUT2D eigenvalue weighted by Crippen LogP contribution is -2.20. The van der Waals surface area contributed by atoms with Gasteiger partial charge in [-0.2, -0.15) is 13.2 Å². The number of pyridine rings is 1. The Morgan fingerprint density at radius 3 is 2.35 bits per heavy atom. The van der Waals surface area contributed by atoms with E-state index < -0.39 is 17.8 Å². The number of rotatable bonds is 7. The fourth-order valence-corrected chi connectivity index (χ4v) is 4.11. The van der Waals surface area contributed by atoms with Gasteiger partial charge in [0, 0.05) is 54.2 Å². The Hall–Kier alpha value is -4.54. The molecule has 8 nitrogen and oxygen atoms in total. The van der Waals surface area contributed by atoms with Gasteiger partial charge in [0.15, 0.2) is 0 Å². The highest BCUT2D eigenvalue weighted by atomic mass is 19.4. The number of anilines is 1. The number of alkyl halides is 3. The van der Waals surface area contributed by atoms with E-state index in [0.717, 1.165) is 11.6 Å². The number of halogens is 3. The van der Waals surface area contributed by atoms with Crippen molar-refractivity contribution in [1.29, 1.82) is 0 Å². The zero-order chi connectivity index (χ0) is 26.7. The molecule has 2 aromatic heterocycles. The number of methoxy groups -OCH3 is 2. The summed E-state index contributed by atoms with van der Waals surface area (Å²) in [5.41, 5.74) is 7.54. The van der Waals surface area contributed by atoms with E-state index in [-0.39, 0.29) is 23.6 Å². The van der Waals surface area contributed by atoms with E-state index in [0.29, 0.717) is 28.2 Å². The SMILES string of the molecule is COc1cc(OC)c(C(F)(F)F)cc1-c1cc(C)c(NC(N)=O)cc1Cn1ccnc1-c1ccncc1. The minimum atomic E-state index is -4.66. The van der Waals surface area contributed by atoms with Gasteiger partial charge in [-0.05, 0) is 53.9 Å². The van der Waals surface area contributed by atoms with Crippen LogP contribution in [0.4, 0.5) is 23.7 Å². The normalized spacial score (nSPS) is 11.3. The summed E-state index contributed by atoms with van der Waals surface area (Å²) in [5, 5.41) is 2.57. The van der Waals surface area contributed by atoms with Crippen molar-refractivity contribution in [2.75, 3.05) is 19.5 Å². The Bertz CT molecular complexity index is 1440. The molecule has 4 rings (SSSR count). The molecule has 0 aliphatic rings. The summed E-state index contributed by atoms with van der Waals surface area (Å²) >= 11 is 0. The van der Waals surface area contributed by atoms with Crippen LogP contribution < -0.4 is 20.5 Å². The Morgan fingerprint density at radius 2 is 1.73 bits per heavy atom. The fraction of sp³-hybridized carbons (Fsp3) is 0.192. The third-order valence-corrected chi connectivity index (χ3v) is 5.82. The monoisotopic (exact) mass is 511 g/mol. The highest BCUT2D eigenvalue weighted by Gasteiger charge is 2.36. The van der Waals surface area contributed by atoms with E-state index in [1.165, 1.54) is 20.3 Å². The van der Waals surface area contributed by atoms with Crippen LogP contribution in [0.3, 0.4) is 0 Å². The second-order valence-corrected chi connectivity index (χ2v) is 8.18. The van der Waals surface area contributed by atoms with Crippen LogP contribution in [0.5, 0.6) is 11.5 Å². The average molecular weight is 512 g/mol. The number of aromatic nitrogens is 3. The first-order valence-corrected chi connectivity index (χ1v) is 11.1. The second-order valence-electron chi connectivity index (χ2n) is 8.18. The summed E-state index contributed by atoms with van der Waals surface area (Å²) in [6.07, 6.45) is 2.01. The van der Waals surface area contributed by atoms with Crippen LogP contribution in [0.15, 0.2) is 61.2 Å². The van der Waals surface area contributed by atoms with Crippen molar-refractivity contribution in [1.82, 2.24) is 14.5 Å². The molecule has 2 aromatic carbocycles. The Morgan fingerprint density at radius 1 is 1.03 bits per heavy atom. The molecule has 2 amide bonds. The van der Waals surface area contributed by atoms with Gasteiger partial charge in [0.2, 0.25) is 0 Å². The van der Waals surface area contributed by atoms with Crippen molar-refractivity contribution >= 4 is 11.7 Å². The number of primary amides is 1. The first-order valence-electron chi connectivity index (χ1n) is 11.1. The number of urea groups is 1. The molecule has 0 radical (unpaired) electrons. The quantitative estimate of drug-likeness (QED) is 0.341. The van der Waals surface area contributed by atoms with E-state index in [1.54, 1.807) is 56.0 Å². The molecule has 0 spiro atoms. The Balaban J connectivity index is 1.94. The lowest BCUT2D eigenvalue weighted by molar-refractivity contribution is -0.138. The second kappa shape index (κ2) is 10.2. The van der Waals surface area contributed by atoms with Gasteiger partial charge in [-0.3, -0.25) is 4.98 Å². The van der Waals surface area contributed by atoms with Crippen molar-refractivity contribution < 1.29 is 27.4 Å². The van der Waals surface area contributed by atoms with Crippen molar-refractivity contribution in [2.24, 2.45) is 5.73 Å². The van der Waals surface area contributed by atoms with Crippen LogP contribution in [-0.2, 0) is 12.7 Å². The number of aryl methyl sites for hydroxylation is 1. The van der Waals surface area contributed by atoms with Gasteiger partial charge in [0.25, 0.3) is 0 Å². The molecule has 0 bridgehead atoms. The maximum atomic E-state index is 13.9. The zero-order valence-electron chi connectivity index (χ0n) is 20.3. The van der Waals surface area contributed by atoms with Crippen molar-refractivity contribution in [3.05, 3.63) is 77.9 Å². The summed E-state index contributed by atoms with van der Waals surface area (Å²) in [4.78, 5) is 20.1. The topological polar surface area (TPSA) is 104 Å². The lowest BCUT2D eigenvalue weighted by atomic mass is 9.93. The number of nitrogens with one attached hydrogen (secondary N) is 1. The van der Waals surface area contributed by atoms with Gasteiger partial charge in [-0.1, -0.05) is 0 Å². The number of carbonyl (C=O) groups excluding carboxylic acids is 1. The first-order chi connectivity index (χ1) is 17.6. The van der Waals surface area contributed by atoms with Crippen LogP contribution in [0.25, 0.3) is 22.5 Å². The van der Waals surface area contributed by atoms with Crippen LogP contribution in [0.1, 0.15) is 16.7 Å². The summed E-state index contributed by atoms with van der Waals surface area (Å²) in [7, 11) is 2.54. The van der Waals surface area contributed by atoms with Gasteiger partial charge in [-0.25, -0.2) is 9.78 Å². The number of amides is 2. The van der Waals surface area contributed by atoms with Crippen molar-refractivity contribution in [3.8, 4) is 34.0 Å².